The van der Waals surface area contributed by atoms with E-state index in [1.165, 1.54) is 10.4 Å². The molecule has 0 spiro atoms. The molecule has 5 heteroatoms. The standard InChI is InChI=1S/C20H21N3OS/c1-22-15-18(14-21-22)9-10-20(24)23(16-19-8-5-13-25-19)12-11-17-6-3-2-4-7-17/h2-10,13-15H,11-12,16H2,1H3/b10-9+. The SMILES string of the molecule is Cn1cc(/C=C/C(=O)N(CCc2ccccc2)Cc2cccs2)cn1. The number of hydrogen-bond acceptors (Lipinski definition) is 3. The second-order valence-corrected chi connectivity index (χ2v) is 6.89. The molecule has 0 saturated carbocycles. The molecule has 4 nitrogen and oxygen atoms in total. The molecule has 0 N–H and O–H groups in total. The number of aromatic nitrogens is 2. The van der Waals surface area contributed by atoms with Crippen LogP contribution in [0.1, 0.15) is 16.0 Å². The molecule has 0 radical (unpaired) electrons. The van der Waals surface area contributed by atoms with Crippen LogP contribution in [-0.2, 0) is 24.8 Å². The zero-order chi connectivity index (χ0) is 17.5. The van der Waals surface area contributed by atoms with E-state index in [1.807, 2.05) is 53.9 Å². The van der Waals surface area contributed by atoms with Crippen molar-refractivity contribution in [3.05, 3.63) is 82.3 Å². The Morgan fingerprint density at radius 1 is 1.24 bits per heavy atom. The average Bonchev–Trinajstić information content (AvgIpc) is 3.29. The van der Waals surface area contributed by atoms with Crippen molar-refractivity contribution in [2.24, 2.45) is 7.05 Å². The minimum atomic E-state index is 0.0215. The van der Waals surface area contributed by atoms with Crippen molar-refractivity contribution >= 4 is 23.3 Å². The summed E-state index contributed by atoms with van der Waals surface area (Å²) in [6.45, 7) is 1.33. The fourth-order valence-corrected chi connectivity index (χ4v) is 3.29. The summed E-state index contributed by atoms with van der Waals surface area (Å²) >= 11 is 1.68. The van der Waals surface area contributed by atoms with Crippen molar-refractivity contribution < 1.29 is 4.79 Å². The first-order valence-corrected chi connectivity index (χ1v) is 9.10. The lowest BCUT2D eigenvalue weighted by Gasteiger charge is -2.20. The molecule has 1 aromatic carbocycles. The highest BCUT2D eigenvalue weighted by molar-refractivity contribution is 7.09. The van der Waals surface area contributed by atoms with Gasteiger partial charge in [-0.15, -0.1) is 11.3 Å². The van der Waals surface area contributed by atoms with Gasteiger partial charge in [0.25, 0.3) is 0 Å². The molecule has 1 amide bonds. The van der Waals surface area contributed by atoms with Crippen LogP contribution in [0, 0.1) is 0 Å². The van der Waals surface area contributed by atoms with Gasteiger partial charge in [0, 0.05) is 36.3 Å². The quantitative estimate of drug-likeness (QED) is 0.608. The van der Waals surface area contributed by atoms with Crippen LogP contribution in [0.3, 0.4) is 0 Å². The molecular formula is C20H21N3OS. The van der Waals surface area contributed by atoms with Crippen LogP contribution < -0.4 is 0 Å². The first kappa shape index (κ1) is 17.2. The Balaban J connectivity index is 1.68. The van der Waals surface area contributed by atoms with Crippen LogP contribution >= 0.6 is 11.3 Å². The Bertz CT molecular complexity index is 822. The molecule has 0 aliphatic carbocycles. The second kappa shape index (κ2) is 8.44. The summed E-state index contributed by atoms with van der Waals surface area (Å²) in [6.07, 6.45) is 7.93. The molecule has 0 aliphatic heterocycles. The number of hydrogen-bond donors (Lipinski definition) is 0. The number of nitrogens with zero attached hydrogens (tertiary/aromatic N) is 3. The van der Waals surface area contributed by atoms with E-state index in [0.29, 0.717) is 13.1 Å². The van der Waals surface area contributed by atoms with E-state index in [-0.39, 0.29) is 5.91 Å². The highest BCUT2D eigenvalue weighted by Gasteiger charge is 2.12. The minimum Gasteiger partial charge on any atom is -0.334 e. The van der Waals surface area contributed by atoms with Crippen LogP contribution in [0.25, 0.3) is 6.08 Å². The molecule has 0 atom stereocenters. The summed E-state index contributed by atoms with van der Waals surface area (Å²) in [5, 5.41) is 6.16. The number of benzene rings is 1. The van der Waals surface area contributed by atoms with Gasteiger partial charge >= 0.3 is 0 Å². The molecule has 25 heavy (non-hydrogen) atoms. The summed E-state index contributed by atoms with van der Waals surface area (Å²) in [5.41, 5.74) is 2.16. The van der Waals surface area contributed by atoms with Gasteiger partial charge in [-0.3, -0.25) is 9.48 Å². The van der Waals surface area contributed by atoms with Gasteiger partial charge in [0.15, 0.2) is 0 Å². The largest absolute Gasteiger partial charge is 0.334 e. The number of thiophene rings is 1. The summed E-state index contributed by atoms with van der Waals surface area (Å²) < 4.78 is 1.73. The number of aryl methyl sites for hydroxylation is 1. The van der Waals surface area contributed by atoms with E-state index in [1.54, 1.807) is 28.3 Å². The molecule has 0 saturated heterocycles. The van der Waals surface area contributed by atoms with Gasteiger partial charge in [-0.2, -0.15) is 5.10 Å². The van der Waals surface area contributed by atoms with Crippen LogP contribution in [0.15, 0.2) is 66.3 Å². The van der Waals surface area contributed by atoms with Gasteiger partial charge in [0.05, 0.1) is 12.7 Å². The minimum absolute atomic E-state index is 0.0215. The van der Waals surface area contributed by atoms with Crippen molar-refractivity contribution in [1.82, 2.24) is 14.7 Å². The van der Waals surface area contributed by atoms with Crippen LogP contribution in [0.4, 0.5) is 0 Å². The lowest BCUT2D eigenvalue weighted by atomic mass is 10.1. The van der Waals surface area contributed by atoms with Crippen molar-refractivity contribution in [3.8, 4) is 0 Å². The van der Waals surface area contributed by atoms with Gasteiger partial charge in [-0.1, -0.05) is 36.4 Å². The third kappa shape index (κ3) is 5.16. The second-order valence-electron chi connectivity index (χ2n) is 5.86. The van der Waals surface area contributed by atoms with Crippen LogP contribution in [0.2, 0.25) is 0 Å². The van der Waals surface area contributed by atoms with Crippen molar-refractivity contribution in [2.45, 2.75) is 13.0 Å². The fourth-order valence-electron chi connectivity index (χ4n) is 2.57. The average molecular weight is 351 g/mol. The van der Waals surface area contributed by atoms with Crippen LogP contribution in [-0.4, -0.2) is 27.1 Å². The van der Waals surface area contributed by atoms with Gasteiger partial charge in [-0.05, 0) is 29.5 Å². The van der Waals surface area contributed by atoms with E-state index < -0.39 is 0 Å². The highest BCUT2D eigenvalue weighted by Crippen LogP contribution is 2.14. The third-order valence-electron chi connectivity index (χ3n) is 3.89. The van der Waals surface area contributed by atoms with E-state index in [4.69, 9.17) is 0 Å². The summed E-state index contributed by atoms with van der Waals surface area (Å²) in [7, 11) is 1.86. The monoisotopic (exact) mass is 351 g/mol. The molecule has 0 bridgehead atoms. The zero-order valence-electron chi connectivity index (χ0n) is 14.2. The highest BCUT2D eigenvalue weighted by atomic mass is 32.1. The maximum Gasteiger partial charge on any atom is 0.246 e. The normalized spacial score (nSPS) is 11.1. The summed E-state index contributed by atoms with van der Waals surface area (Å²) in [4.78, 5) is 15.8. The number of carbonyl (C=O) groups excluding carboxylic acids is 1. The zero-order valence-corrected chi connectivity index (χ0v) is 15.0. The molecule has 128 valence electrons. The smallest absolute Gasteiger partial charge is 0.246 e. The molecular weight excluding hydrogens is 330 g/mol. The predicted octanol–water partition coefficient (Wildman–Crippen LogP) is 3.77. The molecule has 2 heterocycles. The van der Waals surface area contributed by atoms with Crippen molar-refractivity contribution in [3.63, 3.8) is 0 Å². The van der Waals surface area contributed by atoms with Crippen LogP contribution in [0.5, 0.6) is 0 Å². The molecule has 3 rings (SSSR count). The molecule has 0 unspecified atom stereocenters. The Morgan fingerprint density at radius 2 is 2.08 bits per heavy atom. The molecule has 3 aromatic rings. The summed E-state index contributed by atoms with van der Waals surface area (Å²) in [6, 6.07) is 14.4. The number of amides is 1. The molecule has 2 aromatic heterocycles. The topological polar surface area (TPSA) is 38.1 Å². The Kier molecular flexibility index (Phi) is 5.80. The number of rotatable bonds is 7. The maximum atomic E-state index is 12.7. The van der Waals surface area contributed by atoms with Gasteiger partial charge in [-0.25, -0.2) is 0 Å². The van der Waals surface area contributed by atoms with Gasteiger partial charge in [0.2, 0.25) is 5.91 Å². The van der Waals surface area contributed by atoms with Crippen molar-refractivity contribution in [1.29, 1.82) is 0 Å². The first-order chi connectivity index (χ1) is 12.2. The maximum absolute atomic E-state index is 12.7. The third-order valence-corrected chi connectivity index (χ3v) is 4.76. The lowest BCUT2D eigenvalue weighted by Crippen LogP contribution is -2.30. The molecule has 0 aliphatic rings. The lowest BCUT2D eigenvalue weighted by molar-refractivity contribution is -0.126. The summed E-state index contributed by atoms with van der Waals surface area (Å²) in [5.74, 6) is 0.0215. The van der Waals surface area contributed by atoms with E-state index in [0.717, 1.165) is 12.0 Å². The first-order valence-electron chi connectivity index (χ1n) is 8.22. The van der Waals surface area contributed by atoms with E-state index >= 15 is 0 Å². The number of carbonyl (C=O) groups is 1. The predicted molar refractivity (Wildman–Crippen MR) is 102 cm³/mol. The Labute approximate surface area is 152 Å². The van der Waals surface area contributed by atoms with Gasteiger partial charge < -0.3 is 4.90 Å². The molecule has 0 fully saturated rings. The van der Waals surface area contributed by atoms with E-state index in [2.05, 4.69) is 23.3 Å². The fraction of sp³-hybridized carbons (Fsp3) is 0.200. The van der Waals surface area contributed by atoms with E-state index in [9.17, 15) is 4.79 Å². The van der Waals surface area contributed by atoms with Crippen molar-refractivity contribution in [2.75, 3.05) is 6.54 Å². The van der Waals surface area contributed by atoms with Gasteiger partial charge in [0.1, 0.15) is 0 Å². The Morgan fingerprint density at radius 3 is 2.76 bits per heavy atom. The Hall–Kier alpha value is -2.66.